The molecule has 2 unspecified atom stereocenters. The third kappa shape index (κ3) is 71.3. The Morgan fingerprint density at radius 2 is 0.588 bits per heavy atom. The minimum atomic E-state index is -0.664. The Balaban J connectivity index is 3.37. The van der Waals surface area contributed by atoms with Gasteiger partial charge in [-0.15, -0.1) is 0 Å². The van der Waals surface area contributed by atoms with Gasteiger partial charge in [-0.2, -0.15) is 0 Å². The van der Waals surface area contributed by atoms with Crippen molar-refractivity contribution in [1.29, 1.82) is 0 Å². The molecule has 6 heteroatoms. The van der Waals surface area contributed by atoms with Crippen LogP contribution in [0.5, 0.6) is 0 Å². The van der Waals surface area contributed by atoms with Gasteiger partial charge in [0.15, 0.2) is 0 Å². The Hall–Kier alpha value is -1.66. The van der Waals surface area contributed by atoms with Crippen LogP contribution in [0.3, 0.4) is 0 Å². The number of aliphatic hydroxyl groups excluding tert-OH is 2. The average Bonchev–Trinajstić information content (AvgIpc) is 3.51. The van der Waals surface area contributed by atoms with Crippen LogP contribution in [0.2, 0.25) is 0 Å². The fraction of sp³-hybridized carbons (Fsp3) is 0.924. The molecule has 0 bridgehead atoms. The Labute approximate surface area is 532 Å². The summed E-state index contributed by atoms with van der Waals surface area (Å²) < 4.78 is 5.50. The molecule has 1 amide bonds. The Morgan fingerprint density at radius 3 is 0.894 bits per heavy atom. The number of hydrogen-bond acceptors (Lipinski definition) is 5. The van der Waals surface area contributed by atoms with E-state index >= 15 is 0 Å². The fourth-order valence-corrected chi connectivity index (χ4v) is 12.6. The molecule has 0 aromatic heterocycles. The lowest BCUT2D eigenvalue weighted by molar-refractivity contribution is -0.143. The fourth-order valence-electron chi connectivity index (χ4n) is 12.6. The minimum Gasteiger partial charge on any atom is -0.466 e. The molecule has 0 saturated heterocycles. The van der Waals surface area contributed by atoms with E-state index in [1.807, 2.05) is 0 Å². The van der Waals surface area contributed by atoms with Gasteiger partial charge >= 0.3 is 5.97 Å². The van der Waals surface area contributed by atoms with E-state index in [1.165, 1.54) is 366 Å². The number of carbonyl (C=O) groups is 2. The van der Waals surface area contributed by atoms with Gasteiger partial charge in [0.1, 0.15) is 0 Å². The van der Waals surface area contributed by atoms with Gasteiger partial charge in [-0.05, 0) is 57.8 Å². The second-order valence-electron chi connectivity index (χ2n) is 27.0. The van der Waals surface area contributed by atoms with Crippen LogP contribution in [0.15, 0.2) is 24.3 Å². The number of rotatable bonds is 74. The predicted molar refractivity (Wildman–Crippen MR) is 375 cm³/mol. The maximum atomic E-state index is 12.6. The molecule has 3 N–H and O–H groups in total. The van der Waals surface area contributed by atoms with E-state index in [9.17, 15) is 19.8 Å². The van der Waals surface area contributed by atoms with Gasteiger partial charge in [0.2, 0.25) is 5.91 Å². The van der Waals surface area contributed by atoms with Crippen LogP contribution in [-0.2, 0) is 14.3 Å². The molecule has 0 fully saturated rings. The van der Waals surface area contributed by atoms with Crippen LogP contribution in [0.25, 0.3) is 0 Å². The minimum absolute atomic E-state index is 0.0181. The third-order valence-corrected chi connectivity index (χ3v) is 18.5. The topological polar surface area (TPSA) is 95.9 Å². The Bertz CT molecular complexity index is 1330. The highest BCUT2D eigenvalue weighted by Gasteiger charge is 2.20. The summed E-state index contributed by atoms with van der Waals surface area (Å²) in [7, 11) is 0. The van der Waals surface area contributed by atoms with Gasteiger partial charge in [-0.1, -0.05) is 398 Å². The molecule has 0 aromatic rings. The van der Waals surface area contributed by atoms with Crippen LogP contribution >= 0.6 is 0 Å². The molecule has 0 aliphatic heterocycles. The first-order valence-corrected chi connectivity index (χ1v) is 39.1. The van der Waals surface area contributed by atoms with E-state index in [-0.39, 0.29) is 18.5 Å². The highest BCUT2D eigenvalue weighted by molar-refractivity contribution is 5.76. The first kappa shape index (κ1) is 83.3. The summed E-state index contributed by atoms with van der Waals surface area (Å²) in [5.74, 6) is -0.0100. The van der Waals surface area contributed by atoms with Crippen LogP contribution in [0, 0.1) is 0 Å². The number of allylic oxidation sites excluding steroid dienone is 4. The van der Waals surface area contributed by atoms with Crippen molar-refractivity contribution >= 4 is 11.9 Å². The van der Waals surface area contributed by atoms with Gasteiger partial charge < -0.3 is 20.3 Å². The summed E-state index contributed by atoms with van der Waals surface area (Å²) in [6, 6.07) is -0.541. The SMILES string of the molecule is CCCCCCCCCCCCCCCCCCCCCCC(O)C(CO)NC(=O)CCCCCCCCCCCCCCCCCCC/C=C\C/C=C\CCCCCCCCCCCOC(=O)CCCCCCCCCCCCCCCCC. The van der Waals surface area contributed by atoms with Crippen LogP contribution < -0.4 is 5.32 Å². The first-order valence-electron chi connectivity index (χ1n) is 39.1. The number of esters is 1. The summed E-state index contributed by atoms with van der Waals surface area (Å²) in [4.78, 5) is 24.6. The number of unbranched alkanes of at least 4 members (excludes halogenated alkanes) is 59. The second-order valence-corrected chi connectivity index (χ2v) is 27.0. The maximum Gasteiger partial charge on any atom is 0.305 e. The van der Waals surface area contributed by atoms with E-state index in [0.717, 1.165) is 44.9 Å². The predicted octanol–water partition coefficient (Wildman–Crippen LogP) is 25.7. The van der Waals surface area contributed by atoms with Crippen molar-refractivity contribution in [2.24, 2.45) is 0 Å². The van der Waals surface area contributed by atoms with E-state index < -0.39 is 12.1 Å². The standard InChI is InChI=1S/C79H153NO5/c1-3-5-7-9-11-13-15-17-19-20-21-37-40-44-47-51-55-59-63-67-71-77(82)76(75-81)80-78(83)72-68-64-60-56-52-48-45-41-38-35-33-31-29-27-25-23-22-24-26-28-30-32-34-36-39-42-46-50-54-58-62-66-70-74-85-79(84)73-69-65-61-57-53-49-43-18-16-14-12-10-8-6-4-2/h26,28,32,34,76-77,81-82H,3-25,27,29-31,33,35-75H2,1-2H3,(H,80,83)/b28-26-,34-32-. The summed E-state index contributed by atoms with van der Waals surface area (Å²) in [5.41, 5.74) is 0. The lowest BCUT2D eigenvalue weighted by Crippen LogP contribution is -2.45. The highest BCUT2D eigenvalue weighted by Crippen LogP contribution is 2.20. The highest BCUT2D eigenvalue weighted by atomic mass is 16.5. The van der Waals surface area contributed by atoms with Crippen molar-refractivity contribution in [3.05, 3.63) is 24.3 Å². The summed E-state index contributed by atoms with van der Waals surface area (Å²) in [6.07, 6.45) is 95.5. The van der Waals surface area contributed by atoms with Gasteiger partial charge in [0.05, 0.1) is 25.4 Å². The van der Waals surface area contributed by atoms with Crippen molar-refractivity contribution in [3.8, 4) is 0 Å². The number of aliphatic hydroxyl groups is 2. The molecule has 6 nitrogen and oxygen atoms in total. The van der Waals surface area contributed by atoms with Gasteiger partial charge in [-0.25, -0.2) is 0 Å². The van der Waals surface area contributed by atoms with E-state index in [4.69, 9.17) is 4.74 Å². The Morgan fingerprint density at radius 1 is 0.329 bits per heavy atom. The second kappa shape index (κ2) is 74.8. The number of ether oxygens (including phenoxy) is 1. The van der Waals surface area contributed by atoms with Crippen LogP contribution in [-0.4, -0.2) is 47.4 Å². The van der Waals surface area contributed by atoms with Crippen molar-refractivity contribution in [3.63, 3.8) is 0 Å². The number of nitrogens with one attached hydrogen (secondary N) is 1. The molecule has 0 heterocycles. The zero-order valence-electron chi connectivity index (χ0n) is 57.9. The molecular formula is C79H153NO5. The molecule has 85 heavy (non-hydrogen) atoms. The molecule has 0 spiro atoms. The maximum absolute atomic E-state index is 12.6. The van der Waals surface area contributed by atoms with Crippen LogP contribution in [0.1, 0.15) is 444 Å². The normalized spacial score (nSPS) is 12.6. The lowest BCUT2D eigenvalue weighted by Gasteiger charge is -2.22. The monoisotopic (exact) mass is 1200 g/mol. The smallest absolute Gasteiger partial charge is 0.305 e. The van der Waals surface area contributed by atoms with Gasteiger partial charge in [-0.3, -0.25) is 9.59 Å². The molecule has 0 aliphatic carbocycles. The molecule has 0 saturated carbocycles. The van der Waals surface area contributed by atoms with Gasteiger partial charge in [0.25, 0.3) is 0 Å². The lowest BCUT2D eigenvalue weighted by atomic mass is 10.0. The molecule has 504 valence electrons. The number of carbonyl (C=O) groups excluding carboxylic acids is 2. The molecule has 0 aromatic carbocycles. The molecule has 2 atom stereocenters. The van der Waals surface area contributed by atoms with Crippen molar-refractivity contribution in [2.75, 3.05) is 13.2 Å². The quantitative estimate of drug-likeness (QED) is 0.0320. The van der Waals surface area contributed by atoms with E-state index in [2.05, 4.69) is 43.5 Å². The van der Waals surface area contributed by atoms with Crippen molar-refractivity contribution in [2.45, 2.75) is 456 Å². The first-order chi connectivity index (χ1) is 42.0. The number of amides is 1. The zero-order valence-corrected chi connectivity index (χ0v) is 57.9. The molecule has 0 radical (unpaired) electrons. The average molecular weight is 1200 g/mol. The summed E-state index contributed by atoms with van der Waals surface area (Å²) >= 11 is 0. The molecular weight excluding hydrogens is 1040 g/mol. The Kier molecular flexibility index (Phi) is 73.3. The third-order valence-electron chi connectivity index (χ3n) is 18.5. The van der Waals surface area contributed by atoms with E-state index in [1.54, 1.807) is 0 Å². The molecule has 0 aliphatic rings. The summed E-state index contributed by atoms with van der Waals surface area (Å²) in [5, 5.41) is 23.4. The largest absolute Gasteiger partial charge is 0.466 e. The molecule has 0 rings (SSSR count). The van der Waals surface area contributed by atoms with Gasteiger partial charge in [0, 0.05) is 12.8 Å². The van der Waals surface area contributed by atoms with Crippen molar-refractivity contribution < 1.29 is 24.5 Å². The van der Waals surface area contributed by atoms with Crippen molar-refractivity contribution in [1.82, 2.24) is 5.32 Å². The van der Waals surface area contributed by atoms with E-state index in [0.29, 0.717) is 25.9 Å². The van der Waals surface area contributed by atoms with Crippen LogP contribution in [0.4, 0.5) is 0 Å². The summed E-state index contributed by atoms with van der Waals surface area (Å²) in [6.45, 7) is 5.00. The zero-order chi connectivity index (χ0) is 61.3. The number of hydrogen-bond donors (Lipinski definition) is 3.